The van der Waals surface area contributed by atoms with Crippen LogP contribution in [-0.4, -0.2) is 24.8 Å². The van der Waals surface area contributed by atoms with Gasteiger partial charge in [-0.3, -0.25) is 4.79 Å². The van der Waals surface area contributed by atoms with Gasteiger partial charge in [0.1, 0.15) is 18.3 Å². The van der Waals surface area contributed by atoms with Gasteiger partial charge in [0.2, 0.25) is 0 Å². The maximum absolute atomic E-state index is 12.3. The zero-order valence-corrected chi connectivity index (χ0v) is 13.1. The van der Waals surface area contributed by atoms with E-state index in [4.69, 9.17) is 21.7 Å². The number of carbonyl (C=O) groups excluding carboxylic acids is 1. The third-order valence-electron chi connectivity index (χ3n) is 3.34. The van der Waals surface area contributed by atoms with Crippen LogP contribution in [0.4, 0.5) is 0 Å². The van der Waals surface area contributed by atoms with Gasteiger partial charge in [-0.1, -0.05) is 31.4 Å². The molecule has 116 valence electrons. The summed E-state index contributed by atoms with van der Waals surface area (Å²) < 4.78 is 10.3. The van der Waals surface area contributed by atoms with Crippen LogP contribution < -0.4 is 15.4 Å². The fourth-order valence-corrected chi connectivity index (χ4v) is 2.54. The lowest BCUT2D eigenvalue weighted by Gasteiger charge is -2.34. The van der Waals surface area contributed by atoms with Crippen LogP contribution in [0.5, 0.6) is 5.75 Å². The molecule has 2 rings (SSSR count). The lowest BCUT2D eigenvalue weighted by molar-refractivity contribution is -0.147. The second-order valence-electron chi connectivity index (χ2n) is 4.77. The zero-order chi connectivity index (χ0) is 16.1. The van der Waals surface area contributed by atoms with Crippen molar-refractivity contribution in [2.75, 3.05) is 13.7 Å². The molecule has 0 radical (unpaired) electrons. The number of hydrogen-bond acceptors (Lipinski definition) is 4. The Balaban J connectivity index is 2.29. The molecule has 0 bridgehead atoms. The number of nitrogens with one attached hydrogen (secondary N) is 2. The number of rotatable bonds is 5. The zero-order valence-electron chi connectivity index (χ0n) is 12.3. The molecule has 2 N–H and O–H groups in total. The SMILES string of the molecule is C=CCOC(=O)[C@H]1C(=C)NC(=S)N[C@@H]1c1ccc(OC)cc1. The maximum Gasteiger partial charge on any atom is 0.317 e. The van der Waals surface area contributed by atoms with Crippen LogP contribution in [-0.2, 0) is 9.53 Å². The van der Waals surface area contributed by atoms with Crippen molar-refractivity contribution in [1.29, 1.82) is 0 Å². The van der Waals surface area contributed by atoms with E-state index in [2.05, 4.69) is 23.8 Å². The van der Waals surface area contributed by atoms with Gasteiger partial charge >= 0.3 is 5.97 Å². The van der Waals surface area contributed by atoms with E-state index in [1.807, 2.05) is 24.3 Å². The standard InChI is InChI=1S/C16H18N2O3S/c1-4-9-21-15(19)13-10(2)17-16(22)18-14(13)11-5-7-12(20-3)8-6-11/h4-8,13-14H,1-2,9H2,3H3,(H2,17,18,22)/t13-,14+/m0/s1. The lowest BCUT2D eigenvalue weighted by Crippen LogP contribution is -2.51. The normalized spacial score (nSPS) is 20.6. The monoisotopic (exact) mass is 318 g/mol. The topological polar surface area (TPSA) is 59.6 Å². The molecule has 0 aromatic heterocycles. The summed E-state index contributed by atoms with van der Waals surface area (Å²) in [5.74, 6) is -0.224. The van der Waals surface area contributed by atoms with Gasteiger partial charge in [-0.15, -0.1) is 0 Å². The average molecular weight is 318 g/mol. The Morgan fingerprint density at radius 1 is 1.41 bits per heavy atom. The first kappa shape index (κ1) is 16.0. The van der Waals surface area contributed by atoms with Crippen molar-refractivity contribution in [2.24, 2.45) is 5.92 Å². The van der Waals surface area contributed by atoms with Crippen molar-refractivity contribution in [2.45, 2.75) is 6.04 Å². The molecule has 0 unspecified atom stereocenters. The van der Waals surface area contributed by atoms with Gasteiger partial charge in [0.05, 0.1) is 13.2 Å². The molecule has 0 aliphatic carbocycles. The average Bonchev–Trinajstić information content (AvgIpc) is 2.52. The van der Waals surface area contributed by atoms with Crippen LogP contribution in [0.15, 0.2) is 49.2 Å². The molecule has 0 spiro atoms. The van der Waals surface area contributed by atoms with Crippen molar-refractivity contribution in [3.63, 3.8) is 0 Å². The van der Waals surface area contributed by atoms with E-state index in [9.17, 15) is 4.79 Å². The second kappa shape index (κ2) is 7.09. The highest BCUT2D eigenvalue weighted by molar-refractivity contribution is 7.80. The maximum atomic E-state index is 12.3. The molecule has 1 fully saturated rings. The highest BCUT2D eigenvalue weighted by Crippen LogP contribution is 2.31. The van der Waals surface area contributed by atoms with Crippen molar-refractivity contribution >= 4 is 23.3 Å². The summed E-state index contributed by atoms with van der Waals surface area (Å²) in [6, 6.07) is 7.08. The number of methoxy groups -OCH3 is 1. The predicted octanol–water partition coefficient (Wildman–Crippen LogP) is 2.07. The molecule has 0 amide bonds. The lowest BCUT2D eigenvalue weighted by atomic mass is 9.89. The van der Waals surface area contributed by atoms with Gasteiger partial charge in [0, 0.05) is 5.70 Å². The fraction of sp³-hybridized carbons (Fsp3) is 0.250. The Labute approximate surface area is 135 Å². The second-order valence-corrected chi connectivity index (χ2v) is 5.18. The Bertz CT molecular complexity index is 598. The molecule has 1 aromatic carbocycles. The number of esters is 1. The molecule has 1 aliphatic heterocycles. The van der Waals surface area contributed by atoms with E-state index < -0.39 is 5.92 Å². The van der Waals surface area contributed by atoms with E-state index in [1.165, 1.54) is 6.08 Å². The largest absolute Gasteiger partial charge is 0.497 e. The number of carbonyl (C=O) groups is 1. The summed E-state index contributed by atoms with van der Waals surface area (Å²) in [6.07, 6.45) is 1.53. The van der Waals surface area contributed by atoms with E-state index >= 15 is 0 Å². The summed E-state index contributed by atoms with van der Waals surface area (Å²) in [5, 5.41) is 6.41. The summed E-state index contributed by atoms with van der Waals surface area (Å²) in [6.45, 7) is 7.59. The fourth-order valence-electron chi connectivity index (χ4n) is 2.28. The Hall–Kier alpha value is -2.34. The molecule has 5 nitrogen and oxygen atoms in total. The Morgan fingerprint density at radius 3 is 2.68 bits per heavy atom. The number of hydrogen-bond donors (Lipinski definition) is 2. The summed E-state index contributed by atoms with van der Waals surface area (Å²) in [4.78, 5) is 12.3. The minimum absolute atomic E-state index is 0.155. The molecule has 1 heterocycles. The van der Waals surface area contributed by atoms with Gasteiger partial charge in [0.15, 0.2) is 5.11 Å². The number of ether oxygens (including phenoxy) is 2. The smallest absolute Gasteiger partial charge is 0.317 e. The van der Waals surface area contributed by atoms with Crippen molar-refractivity contribution in [1.82, 2.24) is 10.6 Å². The van der Waals surface area contributed by atoms with Crippen molar-refractivity contribution < 1.29 is 14.3 Å². The van der Waals surface area contributed by atoms with Gasteiger partial charge in [-0.25, -0.2) is 0 Å². The Morgan fingerprint density at radius 2 is 2.09 bits per heavy atom. The van der Waals surface area contributed by atoms with Gasteiger partial charge in [-0.2, -0.15) is 0 Å². The predicted molar refractivity (Wildman–Crippen MR) is 88.4 cm³/mol. The molecule has 0 saturated carbocycles. The molecule has 1 aliphatic rings. The van der Waals surface area contributed by atoms with Crippen LogP contribution in [0.2, 0.25) is 0 Å². The molecular weight excluding hydrogens is 300 g/mol. The third kappa shape index (κ3) is 3.46. The molecule has 22 heavy (non-hydrogen) atoms. The first-order chi connectivity index (χ1) is 10.6. The Kier molecular flexibility index (Phi) is 5.16. The molecule has 1 aromatic rings. The first-order valence-corrected chi connectivity index (χ1v) is 7.15. The van der Waals surface area contributed by atoms with Crippen LogP contribution in [0.25, 0.3) is 0 Å². The van der Waals surface area contributed by atoms with Crippen molar-refractivity contribution in [3.8, 4) is 5.75 Å². The van der Waals surface area contributed by atoms with Gasteiger partial charge in [0.25, 0.3) is 0 Å². The highest BCUT2D eigenvalue weighted by Gasteiger charge is 2.37. The number of thiocarbonyl (C=S) groups is 1. The van der Waals surface area contributed by atoms with E-state index in [0.29, 0.717) is 10.8 Å². The number of benzene rings is 1. The van der Waals surface area contributed by atoms with Crippen LogP contribution in [0, 0.1) is 5.92 Å². The summed E-state index contributed by atoms with van der Waals surface area (Å²) in [7, 11) is 1.60. The van der Waals surface area contributed by atoms with E-state index in [0.717, 1.165) is 11.3 Å². The molecular formula is C16H18N2O3S. The van der Waals surface area contributed by atoms with Crippen LogP contribution >= 0.6 is 12.2 Å². The minimum Gasteiger partial charge on any atom is -0.497 e. The molecule has 6 heteroatoms. The minimum atomic E-state index is -0.583. The third-order valence-corrected chi connectivity index (χ3v) is 3.56. The quantitative estimate of drug-likeness (QED) is 0.492. The summed E-state index contributed by atoms with van der Waals surface area (Å²) >= 11 is 5.16. The van der Waals surface area contributed by atoms with E-state index in [-0.39, 0.29) is 18.6 Å². The van der Waals surface area contributed by atoms with Gasteiger partial charge in [-0.05, 0) is 29.9 Å². The summed E-state index contributed by atoms with van der Waals surface area (Å²) in [5.41, 5.74) is 1.41. The van der Waals surface area contributed by atoms with Crippen LogP contribution in [0.3, 0.4) is 0 Å². The van der Waals surface area contributed by atoms with Crippen LogP contribution in [0.1, 0.15) is 11.6 Å². The molecule has 1 saturated heterocycles. The highest BCUT2D eigenvalue weighted by atomic mass is 32.1. The first-order valence-electron chi connectivity index (χ1n) is 6.74. The molecule has 2 atom stereocenters. The van der Waals surface area contributed by atoms with Crippen molar-refractivity contribution in [3.05, 3.63) is 54.8 Å². The van der Waals surface area contributed by atoms with E-state index in [1.54, 1.807) is 7.11 Å². The van der Waals surface area contributed by atoms with Gasteiger partial charge < -0.3 is 20.1 Å².